The average Bonchev–Trinajstić information content (AvgIpc) is 2.61. The van der Waals surface area contributed by atoms with Gasteiger partial charge in [-0.2, -0.15) is 0 Å². The van der Waals surface area contributed by atoms with Crippen LogP contribution in [0.25, 0.3) is 23.1 Å². The molecule has 0 saturated carbocycles. The van der Waals surface area contributed by atoms with Gasteiger partial charge in [0.25, 0.3) is 0 Å². The van der Waals surface area contributed by atoms with Gasteiger partial charge in [0.1, 0.15) is 0 Å². The first-order valence-electron chi connectivity index (χ1n) is 5.53. The Morgan fingerprint density at radius 1 is 1.13 bits per heavy atom. The van der Waals surface area contributed by atoms with Crippen molar-refractivity contribution in [2.75, 3.05) is 0 Å². The van der Waals surface area contributed by atoms with Crippen molar-refractivity contribution in [2.24, 2.45) is 0 Å². The monoisotopic (exact) mass is 197 g/mol. The normalized spacial score (nSPS) is 13.8. The van der Waals surface area contributed by atoms with E-state index in [-0.39, 0.29) is 0 Å². The van der Waals surface area contributed by atoms with E-state index in [1.807, 2.05) is 0 Å². The second-order valence-electron chi connectivity index (χ2n) is 3.64. The number of hydrogen-bond acceptors (Lipinski definition) is 0. The summed E-state index contributed by atoms with van der Waals surface area (Å²) in [5.41, 5.74) is 1.33. The zero-order chi connectivity index (χ0) is 10.8. The lowest BCUT2D eigenvalue weighted by Crippen LogP contribution is -2.30. The first-order chi connectivity index (χ1) is 7.33. The molecule has 1 aromatic heterocycles. The molecule has 2 aromatic rings. The quantitative estimate of drug-likeness (QED) is 0.610. The molecule has 1 nitrogen and oxygen atoms in total. The molecule has 76 valence electrons. The lowest BCUT2D eigenvalue weighted by atomic mass is 9.99. The summed E-state index contributed by atoms with van der Waals surface area (Å²) in [6.07, 6.45) is 4.39. The Bertz CT molecular complexity index is 593. The Kier molecular flexibility index (Phi) is 2.67. The Labute approximate surface area is 91.0 Å². The molecule has 0 aliphatic carbocycles. The highest BCUT2D eigenvalue weighted by Gasteiger charge is 2.03. The molecule has 0 fully saturated rings. The first-order valence-corrected chi connectivity index (χ1v) is 5.53. The van der Waals surface area contributed by atoms with Gasteiger partial charge in [0.05, 0.1) is 0 Å². The minimum Gasteiger partial charge on any atom is -0.390 e. The topological polar surface area (TPSA) is 4.93 Å². The van der Waals surface area contributed by atoms with Crippen LogP contribution in [-0.2, 0) is 0 Å². The van der Waals surface area contributed by atoms with Crippen molar-refractivity contribution < 1.29 is 0 Å². The zero-order valence-corrected chi connectivity index (χ0v) is 9.62. The van der Waals surface area contributed by atoms with E-state index in [0.717, 1.165) is 7.41 Å². The van der Waals surface area contributed by atoms with Gasteiger partial charge < -0.3 is 4.48 Å². The summed E-state index contributed by atoms with van der Waals surface area (Å²) < 4.78 is 2.37. The smallest absolute Gasteiger partial charge is 0.239 e. The maximum absolute atomic E-state index is 2.37. The summed E-state index contributed by atoms with van der Waals surface area (Å²) in [4.78, 5) is 0. The van der Waals surface area contributed by atoms with E-state index in [1.54, 1.807) is 0 Å². The maximum atomic E-state index is 2.37. The van der Waals surface area contributed by atoms with Crippen LogP contribution < -0.4 is 10.6 Å². The number of para-hydroxylation sites is 1. The maximum Gasteiger partial charge on any atom is 0.239 e. The van der Waals surface area contributed by atoms with E-state index >= 15 is 0 Å². The second-order valence-corrected chi connectivity index (χ2v) is 3.64. The molecule has 15 heavy (non-hydrogen) atoms. The Hall–Kier alpha value is -1.44. The van der Waals surface area contributed by atoms with Gasteiger partial charge in [-0.3, -0.25) is 0 Å². The third-order valence-electron chi connectivity index (χ3n) is 2.93. The minimum absolute atomic E-state index is 1.02. The van der Waals surface area contributed by atoms with Gasteiger partial charge in [-0.05, 0) is 19.9 Å². The van der Waals surface area contributed by atoms with E-state index in [9.17, 15) is 0 Å². The predicted octanol–water partition coefficient (Wildman–Crippen LogP) is 1.49. The fourth-order valence-corrected chi connectivity index (χ4v) is 2.31. The van der Waals surface area contributed by atoms with Gasteiger partial charge in [0, 0.05) is 21.5 Å². The molecular formula is C13H16BN. The fraction of sp³-hybridized carbons (Fsp3) is 0.231. The van der Waals surface area contributed by atoms with E-state index in [2.05, 4.69) is 61.6 Å². The molecule has 0 radical (unpaired) electrons. The van der Waals surface area contributed by atoms with Gasteiger partial charge in [-0.15, -0.1) is 0 Å². The summed E-state index contributed by atoms with van der Waals surface area (Å²) >= 11 is 0. The van der Waals surface area contributed by atoms with Gasteiger partial charge in [-0.25, -0.2) is 0 Å². The van der Waals surface area contributed by atoms with Gasteiger partial charge in [0.15, 0.2) is 0 Å². The third-order valence-corrected chi connectivity index (χ3v) is 2.93. The summed E-state index contributed by atoms with van der Waals surface area (Å²) in [7, 11) is 1.02. The number of nitrogens with zero attached hydrogens (tertiary/aromatic N) is 1. The Morgan fingerprint density at radius 3 is 2.47 bits per heavy atom. The predicted molar refractivity (Wildman–Crippen MR) is 69.9 cm³/mol. The van der Waals surface area contributed by atoms with Crippen LogP contribution in [0.4, 0.5) is 0 Å². The van der Waals surface area contributed by atoms with Crippen LogP contribution >= 0.6 is 0 Å². The molecule has 0 atom stereocenters. The highest BCUT2D eigenvalue weighted by atomic mass is 14.9. The fourth-order valence-electron chi connectivity index (χ4n) is 2.31. The van der Waals surface area contributed by atoms with Crippen molar-refractivity contribution in [1.29, 1.82) is 0 Å². The number of rotatable bonds is 1. The lowest BCUT2D eigenvalue weighted by Gasteiger charge is -1.99. The molecule has 1 heterocycles. The summed E-state index contributed by atoms with van der Waals surface area (Å²) in [6, 6.07) is 8.60. The molecule has 0 N–H and O–H groups in total. The molecular weight excluding hydrogens is 181 g/mol. The molecule has 2 heteroatoms. The van der Waals surface area contributed by atoms with Gasteiger partial charge in [0.2, 0.25) is 7.41 Å². The Morgan fingerprint density at radius 2 is 1.87 bits per heavy atom. The van der Waals surface area contributed by atoms with Crippen LogP contribution in [-0.4, -0.2) is 11.9 Å². The number of benzene rings is 1. The van der Waals surface area contributed by atoms with Crippen LogP contribution in [0.15, 0.2) is 24.3 Å². The highest BCUT2D eigenvalue weighted by molar-refractivity contribution is 6.33. The standard InChI is InChI=1S/C13H16BN/c1-4-10-11-8-6-7-9-13(11)15(14-3)12(10)5-2/h4-9,14H,1-3H3/b10-4-,12-5+. The Balaban J connectivity index is 3.11. The van der Waals surface area contributed by atoms with Crippen molar-refractivity contribution in [3.8, 4) is 0 Å². The lowest BCUT2D eigenvalue weighted by molar-refractivity contribution is 1.20. The molecule has 0 bridgehead atoms. The number of hydrogen-bond donors (Lipinski definition) is 0. The van der Waals surface area contributed by atoms with E-state index in [4.69, 9.17) is 0 Å². The average molecular weight is 197 g/mol. The van der Waals surface area contributed by atoms with E-state index in [0.29, 0.717) is 0 Å². The van der Waals surface area contributed by atoms with Crippen molar-refractivity contribution >= 4 is 30.5 Å². The SMILES string of the molecule is CBn1c(=C/C)/c(=C\C)c2ccccc21. The first kappa shape index (κ1) is 10.1. The van der Waals surface area contributed by atoms with Crippen LogP contribution in [0, 0.1) is 0 Å². The van der Waals surface area contributed by atoms with Crippen LogP contribution in [0.3, 0.4) is 0 Å². The molecule has 0 aliphatic rings. The highest BCUT2D eigenvalue weighted by Crippen LogP contribution is 2.06. The van der Waals surface area contributed by atoms with Gasteiger partial charge in [-0.1, -0.05) is 37.2 Å². The molecule has 0 unspecified atom stereocenters. The largest absolute Gasteiger partial charge is 0.390 e. The van der Waals surface area contributed by atoms with Crippen molar-refractivity contribution in [2.45, 2.75) is 20.7 Å². The molecule has 0 spiro atoms. The number of aromatic nitrogens is 1. The van der Waals surface area contributed by atoms with E-state index < -0.39 is 0 Å². The van der Waals surface area contributed by atoms with Crippen molar-refractivity contribution in [3.63, 3.8) is 0 Å². The van der Waals surface area contributed by atoms with Crippen molar-refractivity contribution in [3.05, 3.63) is 34.8 Å². The second kappa shape index (κ2) is 3.97. The molecule has 0 amide bonds. The van der Waals surface area contributed by atoms with Gasteiger partial charge >= 0.3 is 0 Å². The molecule has 0 aliphatic heterocycles. The van der Waals surface area contributed by atoms with Crippen LogP contribution in [0.2, 0.25) is 6.82 Å². The van der Waals surface area contributed by atoms with E-state index in [1.165, 1.54) is 21.5 Å². The third kappa shape index (κ3) is 1.41. The molecule has 0 saturated heterocycles. The minimum atomic E-state index is 1.02. The summed E-state index contributed by atoms with van der Waals surface area (Å²) in [6.45, 7) is 6.40. The van der Waals surface area contributed by atoms with Crippen LogP contribution in [0.5, 0.6) is 0 Å². The molecule has 2 rings (SSSR count). The van der Waals surface area contributed by atoms with Crippen LogP contribution in [0.1, 0.15) is 13.8 Å². The zero-order valence-electron chi connectivity index (χ0n) is 9.62. The molecule has 1 aromatic carbocycles. The summed E-state index contributed by atoms with van der Waals surface area (Å²) in [5, 5.41) is 4.05. The number of fused-ring (bicyclic) bond motifs is 1. The summed E-state index contributed by atoms with van der Waals surface area (Å²) in [5.74, 6) is 0. The van der Waals surface area contributed by atoms with Crippen molar-refractivity contribution in [1.82, 2.24) is 4.48 Å².